The van der Waals surface area contributed by atoms with Gasteiger partial charge >= 0.3 is 0 Å². The van der Waals surface area contributed by atoms with Crippen molar-refractivity contribution >= 4 is 35.8 Å². The van der Waals surface area contributed by atoms with Crippen molar-refractivity contribution in [2.75, 3.05) is 27.2 Å². The molecule has 0 aliphatic heterocycles. The lowest BCUT2D eigenvalue weighted by molar-refractivity contribution is 0.0827. The maximum absolute atomic E-state index is 12.2. The van der Waals surface area contributed by atoms with Crippen LogP contribution in [0.2, 0.25) is 0 Å². The first-order valence-electron chi connectivity index (χ1n) is 10.5. The lowest BCUT2D eigenvalue weighted by Gasteiger charge is -2.13. The molecule has 32 heavy (non-hydrogen) atoms. The van der Waals surface area contributed by atoms with Crippen LogP contribution in [0.5, 0.6) is 0 Å². The zero-order valence-corrected chi connectivity index (χ0v) is 21.1. The number of aliphatic imine (C=N–C) groups is 1. The van der Waals surface area contributed by atoms with E-state index in [1.165, 1.54) is 0 Å². The second kappa shape index (κ2) is 12.8. The Kier molecular flexibility index (Phi) is 10.2. The zero-order chi connectivity index (χ0) is 22.1. The maximum Gasteiger partial charge on any atom is 0.253 e. The monoisotopic (exact) mass is 546 g/mol. The molecule has 7 nitrogen and oxygen atoms in total. The number of carbonyl (C=O) groups excluding carboxylic acids is 1. The van der Waals surface area contributed by atoms with Gasteiger partial charge in [-0.3, -0.25) is 4.79 Å². The normalized spacial score (nSPS) is 10.9. The van der Waals surface area contributed by atoms with Gasteiger partial charge in [0.15, 0.2) is 5.96 Å². The van der Waals surface area contributed by atoms with Gasteiger partial charge in [0.1, 0.15) is 0 Å². The van der Waals surface area contributed by atoms with E-state index >= 15 is 0 Å². The number of nitrogens with one attached hydrogen (secondary N) is 2. The second-order valence-corrected chi connectivity index (χ2v) is 7.39. The van der Waals surface area contributed by atoms with Crippen molar-refractivity contribution in [1.82, 2.24) is 25.3 Å². The van der Waals surface area contributed by atoms with Crippen molar-refractivity contribution in [3.05, 3.63) is 83.7 Å². The molecule has 0 radical (unpaired) electrons. The summed E-state index contributed by atoms with van der Waals surface area (Å²) in [5.41, 5.74) is 3.95. The van der Waals surface area contributed by atoms with Gasteiger partial charge in [0.25, 0.3) is 5.91 Å². The molecule has 0 atom stereocenters. The van der Waals surface area contributed by atoms with Gasteiger partial charge in [-0.1, -0.05) is 24.3 Å². The lowest BCUT2D eigenvalue weighted by Crippen LogP contribution is -2.38. The van der Waals surface area contributed by atoms with E-state index in [9.17, 15) is 4.79 Å². The van der Waals surface area contributed by atoms with Crippen LogP contribution in [0.4, 0.5) is 0 Å². The number of benzene rings is 2. The Morgan fingerprint density at radius 2 is 1.84 bits per heavy atom. The molecule has 170 valence electrons. The van der Waals surface area contributed by atoms with Crippen LogP contribution >= 0.6 is 24.0 Å². The van der Waals surface area contributed by atoms with E-state index in [1.807, 2.05) is 60.3 Å². The fourth-order valence-corrected chi connectivity index (χ4v) is 3.17. The first-order chi connectivity index (χ1) is 15.1. The summed E-state index contributed by atoms with van der Waals surface area (Å²) in [5.74, 6) is 0.787. The minimum Gasteiger partial charge on any atom is -0.357 e. The van der Waals surface area contributed by atoms with E-state index in [-0.39, 0.29) is 29.9 Å². The van der Waals surface area contributed by atoms with Gasteiger partial charge in [-0.25, -0.2) is 9.67 Å². The van der Waals surface area contributed by atoms with E-state index in [4.69, 9.17) is 4.99 Å². The summed E-state index contributed by atoms with van der Waals surface area (Å²) in [4.78, 5) is 18.5. The third-order valence-corrected chi connectivity index (χ3v) is 4.73. The van der Waals surface area contributed by atoms with Crippen molar-refractivity contribution < 1.29 is 4.79 Å². The number of rotatable bonds is 8. The molecule has 8 heteroatoms. The topological polar surface area (TPSA) is 74.5 Å². The number of hydrogen-bond donors (Lipinski definition) is 2. The van der Waals surface area contributed by atoms with Gasteiger partial charge in [-0.2, -0.15) is 5.10 Å². The summed E-state index contributed by atoms with van der Waals surface area (Å²) < 4.78 is 1.84. The highest BCUT2D eigenvalue weighted by Crippen LogP contribution is 2.11. The average Bonchev–Trinajstić information content (AvgIpc) is 3.32. The molecule has 1 amide bonds. The lowest BCUT2D eigenvalue weighted by atomic mass is 10.1. The fourth-order valence-electron chi connectivity index (χ4n) is 3.17. The molecule has 3 aromatic rings. The van der Waals surface area contributed by atoms with Crippen LogP contribution in [0.15, 0.2) is 72.0 Å². The van der Waals surface area contributed by atoms with Gasteiger partial charge < -0.3 is 15.5 Å². The Morgan fingerprint density at radius 3 is 2.56 bits per heavy atom. The summed E-state index contributed by atoms with van der Waals surface area (Å²) in [6, 6.07) is 17.9. The van der Waals surface area contributed by atoms with E-state index < -0.39 is 0 Å². The number of nitrogens with zero attached hydrogens (tertiary/aromatic N) is 4. The number of halogens is 1. The van der Waals surface area contributed by atoms with Crippen molar-refractivity contribution in [3.63, 3.8) is 0 Å². The van der Waals surface area contributed by atoms with Gasteiger partial charge in [0.05, 0.1) is 12.2 Å². The molecule has 0 unspecified atom stereocenters. The van der Waals surface area contributed by atoms with Crippen molar-refractivity contribution in [2.45, 2.75) is 19.9 Å². The number of carbonyl (C=O) groups is 1. The number of aromatic nitrogens is 2. The highest BCUT2D eigenvalue weighted by Gasteiger charge is 2.08. The van der Waals surface area contributed by atoms with Crippen molar-refractivity contribution in [1.29, 1.82) is 0 Å². The quantitative estimate of drug-likeness (QED) is 0.258. The smallest absolute Gasteiger partial charge is 0.253 e. The SMILES string of the molecule is CCNC(=NCc1cccc(-n2cccn2)c1)NCCc1cccc(C(=O)N(C)C)c1.I. The third kappa shape index (κ3) is 7.37. The van der Waals surface area contributed by atoms with Crippen molar-refractivity contribution in [2.24, 2.45) is 4.99 Å². The molecule has 0 saturated carbocycles. The first-order valence-corrected chi connectivity index (χ1v) is 10.5. The molecular weight excluding hydrogens is 515 g/mol. The zero-order valence-electron chi connectivity index (χ0n) is 18.8. The predicted molar refractivity (Wildman–Crippen MR) is 140 cm³/mol. The fraction of sp³-hybridized carbons (Fsp3) is 0.292. The van der Waals surface area contributed by atoms with Gasteiger partial charge in [-0.15, -0.1) is 24.0 Å². The molecule has 2 N–H and O–H groups in total. The van der Waals surface area contributed by atoms with Crippen LogP contribution in [0.3, 0.4) is 0 Å². The predicted octanol–water partition coefficient (Wildman–Crippen LogP) is 3.49. The van der Waals surface area contributed by atoms with Crippen LogP contribution in [-0.4, -0.2) is 53.7 Å². The van der Waals surface area contributed by atoms with Crippen molar-refractivity contribution in [3.8, 4) is 5.69 Å². The largest absolute Gasteiger partial charge is 0.357 e. The maximum atomic E-state index is 12.2. The molecular formula is C24H31IN6O. The minimum absolute atomic E-state index is 0. The van der Waals surface area contributed by atoms with Crippen LogP contribution in [0.25, 0.3) is 5.69 Å². The van der Waals surface area contributed by atoms with Crippen LogP contribution in [0.1, 0.15) is 28.4 Å². The molecule has 0 saturated heterocycles. The van der Waals surface area contributed by atoms with E-state index in [1.54, 1.807) is 25.2 Å². The highest BCUT2D eigenvalue weighted by atomic mass is 127. The summed E-state index contributed by atoms with van der Waals surface area (Å²) >= 11 is 0. The summed E-state index contributed by atoms with van der Waals surface area (Å²) in [5, 5.41) is 10.9. The summed E-state index contributed by atoms with van der Waals surface area (Å²) in [6.07, 6.45) is 4.49. The standard InChI is InChI=1S/C24H30N6O.HI/c1-4-25-24(26-14-12-19-8-5-10-21(16-19)23(31)29(2)3)27-18-20-9-6-11-22(17-20)30-15-7-13-28-30;/h5-11,13,15-17H,4,12,14,18H2,1-3H3,(H2,25,26,27);1H. The van der Waals surface area contributed by atoms with Crippen LogP contribution in [0, 0.1) is 0 Å². The van der Waals surface area contributed by atoms with Crippen LogP contribution in [-0.2, 0) is 13.0 Å². The summed E-state index contributed by atoms with van der Waals surface area (Å²) in [7, 11) is 3.53. The minimum atomic E-state index is 0. The molecule has 2 aromatic carbocycles. The molecule has 3 rings (SSSR count). The summed E-state index contributed by atoms with van der Waals surface area (Å²) in [6.45, 7) is 4.12. The van der Waals surface area contributed by atoms with E-state index in [0.717, 1.165) is 42.3 Å². The first kappa shape index (κ1) is 25.4. The number of amides is 1. The highest BCUT2D eigenvalue weighted by molar-refractivity contribution is 14.0. The van der Waals surface area contributed by atoms with Gasteiger partial charge in [0, 0.05) is 45.1 Å². The Hall–Kier alpha value is -2.88. The van der Waals surface area contributed by atoms with Gasteiger partial charge in [0.2, 0.25) is 0 Å². The molecule has 0 fully saturated rings. The Balaban J connectivity index is 0.00000363. The van der Waals surface area contributed by atoms with Crippen LogP contribution < -0.4 is 10.6 Å². The van der Waals surface area contributed by atoms with E-state index in [0.29, 0.717) is 12.1 Å². The molecule has 0 bridgehead atoms. The molecule has 0 aliphatic rings. The second-order valence-electron chi connectivity index (χ2n) is 7.39. The Labute approximate surface area is 206 Å². The molecule has 1 heterocycles. The Morgan fingerprint density at radius 1 is 1.06 bits per heavy atom. The number of guanidine groups is 1. The molecule has 0 spiro atoms. The van der Waals surface area contributed by atoms with Gasteiger partial charge in [-0.05, 0) is 54.8 Å². The van der Waals surface area contributed by atoms with E-state index in [2.05, 4.69) is 27.9 Å². The molecule has 0 aliphatic carbocycles. The third-order valence-electron chi connectivity index (χ3n) is 4.73. The molecule has 1 aromatic heterocycles. The average molecular weight is 546 g/mol. The Bertz CT molecular complexity index is 1020. The number of hydrogen-bond acceptors (Lipinski definition) is 3.